The minimum Gasteiger partial charge on any atom is -0.454 e. The minimum absolute atomic E-state index is 0.285. The molecule has 6 heteroatoms. The van der Waals surface area contributed by atoms with Gasteiger partial charge < -0.3 is 9.47 Å². The molecule has 0 N–H and O–H groups in total. The van der Waals surface area contributed by atoms with E-state index in [4.69, 9.17) is 9.47 Å². The standard InChI is InChI=1S/C13H13N3O2S/c1-9-7-19-13(14-2)16(9)15-6-10-3-4-11-12(5-10)18-8-17-11/h3-7H,8H2,1-2H3/b14-13?,15-6+. The van der Waals surface area contributed by atoms with Crippen LogP contribution in [-0.2, 0) is 0 Å². The third-order valence-electron chi connectivity index (χ3n) is 2.76. The highest BCUT2D eigenvalue weighted by Gasteiger charge is 2.12. The molecule has 1 aliphatic rings. The van der Waals surface area contributed by atoms with E-state index >= 15 is 0 Å². The number of thiazole rings is 1. The summed E-state index contributed by atoms with van der Waals surface area (Å²) in [5, 5.41) is 6.47. The number of ether oxygens (including phenoxy) is 2. The van der Waals surface area contributed by atoms with Gasteiger partial charge in [0.25, 0.3) is 0 Å². The molecule has 5 nitrogen and oxygen atoms in total. The van der Waals surface area contributed by atoms with Gasteiger partial charge in [-0.1, -0.05) is 0 Å². The molecule has 0 bridgehead atoms. The number of aromatic nitrogens is 1. The first-order chi connectivity index (χ1) is 9.28. The van der Waals surface area contributed by atoms with Crippen LogP contribution < -0.4 is 14.3 Å². The van der Waals surface area contributed by atoms with E-state index in [2.05, 4.69) is 10.1 Å². The molecule has 98 valence electrons. The summed E-state index contributed by atoms with van der Waals surface area (Å²) in [5.74, 6) is 1.54. The van der Waals surface area contributed by atoms with Crippen molar-refractivity contribution >= 4 is 17.6 Å². The molecule has 1 aromatic carbocycles. The molecular weight excluding hydrogens is 262 g/mol. The maximum absolute atomic E-state index is 5.34. The maximum atomic E-state index is 5.34. The van der Waals surface area contributed by atoms with Crippen LogP contribution in [0.15, 0.2) is 33.7 Å². The Morgan fingerprint density at radius 2 is 2.16 bits per heavy atom. The molecule has 0 saturated heterocycles. The van der Waals surface area contributed by atoms with Gasteiger partial charge in [-0.05, 0) is 30.7 Å². The molecule has 0 saturated carbocycles. The highest BCUT2D eigenvalue weighted by Crippen LogP contribution is 2.31. The van der Waals surface area contributed by atoms with Crippen molar-refractivity contribution in [1.29, 1.82) is 0 Å². The molecule has 0 atom stereocenters. The molecule has 2 aromatic rings. The quantitative estimate of drug-likeness (QED) is 0.787. The van der Waals surface area contributed by atoms with Crippen molar-refractivity contribution in [3.05, 3.63) is 39.6 Å². The fourth-order valence-corrected chi connectivity index (χ4v) is 2.57. The first-order valence-electron chi connectivity index (χ1n) is 5.82. The van der Waals surface area contributed by atoms with Crippen LogP contribution in [0.5, 0.6) is 11.5 Å². The molecule has 0 unspecified atom stereocenters. The fourth-order valence-electron chi connectivity index (χ4n) is 1.79. The van der Waals surface area contributed by atoms with Gasteiger partial charge in [-0.2, -0.15) is 5.10 Å². The highest BCUT2D eigenvalue weighted by molar-refractivity contribution is 7.07. The Morgan fingerprint density at radius 1 is 1.32 bits per heavy atom. The van der Waals surface area contributed by atoms with Crippen LogP contribution in [0.25, 0.3) is 0 Å². The highest BCUT2D eigenvalue weighted by atomic mass is 32.1. The van der Waals surface area contributed by atoms with E-state index in [1.807, 2.05) is 35.2 Å². The van der Waals surface area contributed by atoms with E-state index in [1.165, 1.54) is 0 Å². The molecule has 2 heterocycles. The van der Waals surface area contributed by atoms with Crippen molar-refractivity contribution in [1.82, 2.24) is 4.68 Å². The van der Waals surface area contributed by atoms with Gasteiger partial charge in [0.15, 0.2) is 11.5 Å². The zero-order valence-electron chi connectivity index (χ0n) is 10.7. The van der Waals surface area contributed by atoms with Gasteiger partial charge >= 0.3 is 0 Å². The summed E-state index contributed by atoms with van der Waals surface area (Å²) < 4.78 is 12.4. The van der Waals surface area contributed by atoms with Crippen molar-refractivity contribution in [2.45, 2.75) is 6.92 Å². The van der Waals surface area contributed by atoms with E-state index in [9.17, 15) is 0 Å². The SMILES string of the molecule is CN=c1scc(C)n1/N=C/c1ccc2c(c1)OCO2. The van der Waals surface area contributed by atoms with Gasteiger partial charge in [0.05, 0.1) is 11.9 Å². The maximum Gasteiger partial charge on any atom is 0.231 e. The van der Waals surface area contributed by atoms with Crippen LogP contribution in [0.4, 0.5) is 0 Å². The van der Waals surface area contributed by atoms with Crippen molar-refractivity contribution in [3.63, 3.8) is 0 Å². The van der Waals surface area contributed by atoms with Crippen molar-refractivity contribution in [3.8, 4) is 11.5 Å². The van der Waals surface area contributed by atoms with Crippen LogP contribution in [0.1, 0.15) is 11.3 Å². The minimum atomic E-state index is 0.285. The number of benzene rings is 1. The van der Waals surface area contributed by atoms with Gasteiger partial charge in [0.2, 0.25) is 11.6 Å². The topological polar surface area (TPSA) is 48.1 Å². The molecule has 0 aliphatic carbocycles. The summed E-state index contributed by atoms with van der Waals surface area (Å²) in [6.07, 6.45) is 1.79. The third-order valence-corrected chi connectivity index (χ3v) is 3.79. The van der Waals surface area contributed by atoms with E-state index in [0.717, 1.165) is 27.6 Å². The molecular formula is C13H13N3O2S. The number of fused-ring (bicyclic) bond motifs is 1. The molecule has 3 rings (SSSR count). The van der Waals surface area contributed by atoms with Crippen molar-refractivity contribution in [2.24, 2.45) is 10.1 Å². The monoisotopic (exact) mass is 275 g/mol. The van der Waals surface area contributed by atoms with E-state index < -0.39 is 0 Å². The van der Waals surface area contributed by atoms with Gasteiger partial charge in [0.1, 0.15) is 0 Å². The van der Waals surface area contributed by atoms with E-state index in [-0.39, 0.29) is 6.79 Å². The molecule has 0 spiro atoms. The first kappa shape index (κ1) is 12.0. The Morgan fingerprint density at radius 3 is 3.00 bits per heavy atom. The Hall–Kier alpha value is -2.08. The Balaban J connectivity index is 1.93. The average Bonchev–Trinajstić information content (AvgIpc) is 3.02. The molecule has 0 radical (unpaired) electrons. The van der Waals surface area contributed by atoms with Crippen LogP contribution >= 0.6 is 11.3 Å². The zero-order valence-corrected chi connectivity index (χ0v) is 11.5. The van der Waals surface area contributed by atoms with E-state index in [1.54, 1.807) is 24.6 Å². The summed E-state index contributed by atoms with van der Waals surface area (Å²) in [7, 11) is 1.76. The van der Waals surface area contributed by atoms with Crippen LogP contribution in [0.2, 0.25) is 0 Å². The lowest BCUT2D eigenvalue weighted by Crippen LogP contribution is -2.11. The zero-order chi connectivity index (χ0) is 13.2. The van der Waals surface area contributed by atoms with Gasteiger partial charge in [-0.15, -0.1) is 11.3 Å². The lowest BCUT2D eigenvalue weighted by molar-refractivity contribution is 0.174. The van der Waals surface area contributed by atoms with Crippen LogP contribution in [0.3, 0.4) is 0 Å². The number of rotatable bonds is 2. The van der Waals surface area contributed by atoms with Crippen molar-refractivity contribution in [2.75, 3.05) is 13.8 Å². The molecule has 0 fully saturated rings. The normalized spacial score (nSPS) is 14.5. The summed E-state index contributed by atoms with van der Waals surface area (Å²) in [4.78, 5) is 5.05. The summed E-state index contributed by atoms with van der Waals surface area (Å²) in [5.41, 5.74) is 2.02. The summed E-state index contributed by atoms with van der Waals surface area (Å²) >= 11 is 1.57. The third kappa shape index (κ3) is 2.26. The fraction of sp³-hybridized carbons (Fsp3) is 0.231. The Bertz CT molecular complexity index is 700. The Kier molecular flexibility index (Phi) is 3.08. The molecule has 19 heavy (non-hydrogen) atoms. The van der Waals surface area contributed by atoms with Gasteiger partial charge in [0, 0.05) is 12.4 Å². The Labute approximate surface area is 114 Å². The second-order valence-electron chi connectivity index (χ2n) is 4.05. The van der Waals surface area contributed by atoms with E-state index in [0.29, 0.717) is 0 Å². The van der Waals surface area contributed by atoms with Crippen molar-refractivity contribution < 1.29 is 9.47 Å². The van der Waals surface area contributed by atoms with Crippen LogP contribution in [-0.4, -0.2) is 24.7 Å². The molecule has 1 aliphatic heterocycles. The number of aryl methyl sites for hydroxylation is 1. The number of hydrogen-bond acceptors (Lipinski definition) is 5. The predicted octanol–water partition coefficient (Wildman–Crippen LogP) is 2.00. The second-order valence-corrected chi connectivity index (χ2v) is 4.89. The molecule has 1 aromatic heterocycles. The van der Waals surface area contributed by atoms with Gasteiger partial charge in [-0.3, -0.25) is 4.99 Å². The van der Waals surface area contributed by atoms with Gasteiger partial charge in [-0.25, -0.2) is 4.68 Å². The molecule has 0 amide bonds. The largest absolute Gasteiger partial charge is 0.454 e. The number of hydrogen-bond donors (Lipinski definition) is 0. The van der Waals surface area contributed by atoms with Crippen LogP contribution in [0, 0.1) is 6.92 Å². The lowest BCUT2D eigenvalue weighted by Gasteiger charge is -1.99. The summed E-state index contributed by atoms with van der Waals surface area (Å²) in [6.45, 7) is 2.29. The lowest BCUT2D eigenvalue weighted by atomic mass is 10.2. The number of nitrogens with zero attached hydrogens (tertiary/aromatic N) is 3. The first-order valence-corrected chi connectivity index (χ1v) is 6.70. The average molecular weight is 275 g/mol. The smallest absolute Gasteiger partial charge is 0.231 e. The predicted molar refractivity (Wildman–Crippen MR) is 74.1 cm³/mol. The second kappa shape index (κ2) is 4.89. The summed E-state index contributed by atoms with van der Waals surface area (Å²) in [6, 6.07) is 5.75.